The molecule has 0 rings (SSSR count). The molecule has 0 aliphatic heterocycles. The lowest BCUT2D eigenvalue weighted by molar-refractivity contribution is 0.501. The van der Waals surface area contributed by atoms with Gasteiger partial charge in [0.1, 0.15) is 0 Å². The molecule has 0 saturated heterocycles. The van der Waals surface area contributed by atoms with Crippen LogP contribution in [0.2, 0.25) is 5.54 Å². The molecule has 3 heteroatoms. The fraction of sp³-hybridized carbons (Fsp3) is 1.00. The Morgan fingerprint density at radius 2 is 1.62 bits per heavy atom. The number of hydrogen-bond donors (Lipinski definition) is 1. The van der Waals surface area contributed by atoms with Gasteiger partial charge in [-0.15, -0.1) is 12.4 Å². The van der Waals surface area contributed by atoms with Gasteiger partial charge in [0, 0.05) is 15.8 Å². The standard InChI is InChI=1S/C5H15NSi.ClH/c1-4(7)5(2,3)6;/h4H,6H2,1-3,7H3;1H. The first-order valence-electron chi connectivity index (χ1n) is 2.73. The lowest BCUT2D eigenvalue weighted by Gasteiger charge is -2.22. The summed E-state index contributed by atoms with van der Waals surface area (Å²) < 4.78 is 0. The predicted octanol–water partition coefficient (Wildman–Crippen LogP) is 0.319. The van der Waals surface area contributed by atoms with Crippen LogP contribution in [0, 0.1) is 0 Å². The van der Waals surface area contributed by atoms with Crippen LogP contribution in [0.1, 0.15) is 20.8 Å². The van der Waals surface area contributed by atoms with E-state index >= 15 is 0 Å². The maximum atomic E-state index is 5.71. The zero-order chi connectivity index (χ0) is 6.08. The quantitative estimate of drug-likeness (QED) is 0.540. The summed E-state index contributed by atoms with van der Waals surface area (Å²) in [5.74, 6) is 0. The lowest BCUT2D eigenvalue weighted by Crippen LogP contribution is -2.35. The first-order valence-corrected chi connectivity index (χ1v) is 3.89. The summed E-state index contributed by atoms with van der Waals surface area (Å²) >= 11 is 0. The van der Waals surface area contributed by atoms with Gasteiger partial charge in [-0.3, -0.25) is 0 Å². The van der Waals surface area contributed by atoms with Crippen molar-refractivity contribution >= 4 is 22.6 Å². The summed E-state index contributed by atoms with van der Waals surface area (Å²) in [7, 11) is 1.20. The Kier molecular flexibility index (Phi) is 4.92. The Labute approximate surface area is 60.9 Å². The molecule has 52 valence electrons. The molecule has 2 N–H and O–H groups in total. The highest BCUT2D eigenvalue weighted by molar-refractivity contribution is 6.12. The van der Waals surface area contributed by atoms with E-state index in [1.807, 2.05) is 0 Å². The molecule has 0 heterocycles. The zero-order valence-electron chi connectivity index (χ0n) is 6.06. The van der Waals surface area contributed by atoms with Gasteiger partial charge in [-0.2, -0.15) is 0 Å². The van der Waals surface area contributed by atoms with Crippen LogP contribution in [0.15, 0.2) is 0 Å². The minimum Gasteiger partial charge on any atom is -0.326 e. The Morgan fingerprint density at radius 1 is 1.50 bits per heavy atom. The van der Waals surface area contributed by atoms with E-state index in [0.717, 1.165) is 0 Å². The van der Waals surface area contributed by atoms with Gasteiger partial charge in [0.15, 0.2) is 0 Å². The van der Waals surface area contributed by atoms with Crippen LogP contribution in [0.5, 0.6) is 0 Å². The third kappa shape index (κ3) is 4.62. The lowest BCUT2D eigenvalue weighted by atomic mass is 10.0. The second-order valence-corrected chi connectivity index (χ2v) is 4.71. The molecule has 0 radical (unpaired) electrons. The van der Waals surface area contributed by atoms with Gasteiger partial charge in [0.25, 0.3) is 0 Å². The van der Waals surface area contributed by atoms with Gasteiger partial charge in [0.05, 0.1) is 0 Å². The summed E-state index contributed by atoms with van der Waals surface area (Å²) in [4.78, 5) is 0. The van der Waals surface area contributed by atoms with Crippen LogP contribution in [-0.4, -0.2) is 15.8 Å². The molecule has 0 aliphatic carbocycles. The third-order valence-electron chi connectivity index (χ3n) is 1.49. The second kappa shape index (κ2) is 3.48. The van der Waals surface area contributed by atoms with Gasteiger partial charge < -0.3 is 5.73 Å². The highest BCUT2D eigenvalue weighted by atomic mass is 35.5. The Hall–Kier alpha value is 0.467. The van der Waals surface area contributed by atoms with Crippen molar-refractivity contribution in [3.8, 4) is 0 Å². The average molecular weight is 154 g/mol. The van der Waals surface area contributed by atoms with E-state index in [0.29, 0.717) is 5.54 Å². The molecule has 1 nitrogen and oxygen atoms in total. The first kappa shape index (κ1) is 11.3. The molecule has 0 fully saturated rings. The van der Waals surface area contributed by atoms with Gasteiger partial charge in [-0.1, -0.05) is 6.92 Å². The van der Waals surface area contributed by atoms with Gasteiger partial charge in [-0.05, 0) is 19.4 Å². The summed E-state index contributed by atoms with van der Waals surface area (Å²) in [6.07, 6.45) is 0. The summed E-state index contributed by atoms with van der Waals surface area (Å²) in [6.45, 7) is 6.33. The van der Waals surface area contributed by atoms with Crippen molar-refractivity contribution < 1.29 is 0 Å². The molecule has 0 bridgehead atoms. The molecule has 0 amide bonds. The van der Waals surface area contributed by atoms with E-state index in [9.17, 15) is 0 Å². The molecule has 0 saturated carbocycles. The van der Waals surface area contributed by atoms with Crippen molar-refractivity contribution in [3.63, 3.8) is 0 Å². The van der Waals surface area contributed by atoms with E-state index in [1.54, 1.807) is 0 Å². The minimum atomic E-state index is 0. The van der Waals surface area contributed by atoms with Crippen LogP contribution in [0.3, 0.4) is 0 Å². The Morgan fingerprint density at radius 3 is 1.62 bits per heavy atom. The van der Waals surface area contributed by atoms with E-state index < -0.39 is 0 Å². The SMILES string of the molecule is CC([SiH3])C(C)(C)N.Cl. The van der Waals surface area contributed by atoms with Crippen LogP contribution in [0.25, 0.3) is 0 Å². The molecule has 1 unspecified atom stereocenters. The minimum absolute atomic E-state index is 0. The molecule has 8 heavy (non-hydrogen) atoms. The molecule has 0 aromatic rings. The molecular formula is C5H16ClNSi. The number of hydrogen-bond acceptors (Lipinski definition) is 1. The topological polar surface area (TPSA) is 26.0 Å². The van der Waals surface area contributed by atoms with Crippen LogP contribution >= 0.6 is 12.4 Å². The van der Waals surface area contributed by atoms with Crippen LogP contribution < -0.4 is 5.73 Å². The van der Waals surface area contributed by atoms with Gasteiger partial charge in [0.2, 0.25) is 0 Å². The highest BCUT2D eigenvalue weighted by Crippen LogP contribution is 2.12. The normalized spacial score (nSPS) is 15.0. The fourth-order valence-corrected chi connectivity index (χ4v) is 0. The van der Waals surface area contributed by atoms with Crippen LogP contribution in [-0.2, 0) is 0 Å². The molecule has 0 aromatic carbocycles. The Balaban J connectivity index is 0. The highest BCUT2D eigenvalue weighted by Gasteiger charge is 2.14. The maximum absolute atomic E-state index is 5.71. The third-order valence-corrected chi connectivity index (χ3v) is 2.98. The predicted molar refractivity (Wildman–Crippen MR) is 44.9 cm³/mol. The van der Waals surface area contributed by atoms with E-state index in [2.05, 4.69) is 20.8 Å². The summed E-state index contributed by atoms with van der Waals surface area (Å²) in [5, 5.41) is 0. The van der Waals surface area contributed by atoms with Crippen molar-refractivity contribution in [1.82, 2.24) is 0 Å². The second-order valence-electron chi connectivity index (χ2n) is 2.98. The van der Waals surface area contributed by atoms with E-state index in [-0.39, 0.29) is 17.9 Å². The van der Waals surface area contributed by atoms with E-state index in [1.165, 1.54) is 10.2 Å². The number of nitrogens with two attached hydrogens (primary N) is 1. The van der Waals surface area contributed by atoms with Gasteiger partial charge in [-0.25, -0.2) is 0 Å². The van der Waals surface area contributed by atoms with Crippen molar-refractivity contribution in [3.05, 3.63) is 0 Å². The molecule has 0 spiro atoms. The smallest absolute Gasteiger partial charge is 0.00905 e. The van der Waals surface area contributed by atoms with Crippen molar-refractivity contribution in [1.29, 1.82) is 0 Å². The number of halogens is 1. The number of rotatable bonds is 1. The van der Waals surface area contributed by atoms with Crippen LogP contribution in [0.4, 0.5) is 0 Å². The first-order chi connectivity index (χ1) is 2.94. The molecular weight excluding hydrogens is 138 g/mol. The van der Waals surface area contributed by atoms with E-state index in [4.69, 9.17) is 5.73 Å². The monoisotopic (exact) mass is 153 g/mol. The average Bonchev–Trinajstić information content (AvgIpc) is 1.31. The largest absolute Gasteiger partial charge is 0.326 e. The fourth-order valence-electron chi connectivity index (χ4n) is 0. The molecule has 1 atom stereocenters. The van der Waals surface area contributed by atoms with Gasteiger partial charge >= 0.3 is 0 Å². The molecule has 0 aromatic heterocycles. The van der Waals surface area contributed by atoms with Crippen molar-refractivity contribution in [2.75, 3.05) is 0 Å². The maximum Gasteiger partial charge on any atom is 0.00905 e. The summed E-state index contributed by atoms with van der Waals surface area (Å²) in [6, 6.07) is 0. The van der Waals surface area contributed by atoms with Crippen molar-refractivity contribution in [2.24, 2.45) is 5.73 Å². The van der Waals surface area contributed by atoms with Crippen molar-refractivity contribution in [2.45, 2.75) is 31.9 Å². The zero-order valence-corrected chi connectivity index (χ0v) is 8.88. The Bertz CT molecular complexity index is 57.9. The molecule has 0 aliphatic rings. The summed E-state index contributed by atoms with van der Waals surface area (Å²) in [5.41, 5.74) is 6.49.